The molecule has 0 fully saturated rings. The summed E-state index contributed by atoms with van der Waals surface area (Å²) in [5, 5.41) is 14.0. The molecule has 162 valence electrons. The Morgan fingerprint density at radius 2 is 1.76 bits per heavy atom. The zero-order chi connectivity index (χ0) is 22.7. The molecule has 7 heteroatoms. The maximum Gasteiger partial charge on any atom is 0.183 e. The van der Waals surface area contributed by atoms with Crippen LogP contribution in [0.5, 0.6) is 11.5 Å². The molecule has 4 heterocycles. The first-order valence-electron chi connectivity index (χ1n) is 10.7. The van der Waals surface area contributed by atoms with E-state index in [2.05, 4.69) is 21.0 Å². The average Bonchev–Trinajstić information content (AvgIpc) is 3.42. The van der Waals surface area contributed by atoms with E-state index in [0.717, 1.165) is 27.2 Å². The number of phenolic OH excluding ortho intramolecular Hbond substituents is 1. The standard InChI is InChI=1S/C26H20N4O3/c1-3-17(31)22-23-19(15-8-6-10-18(32)20(15)29-23)26(33-2)25(30-22)24-21-14(11-12-27-24)13-7-4-5-9-16(13)28-21/h4-12,28-29,32H,3H2,1-2H3. The number of carbonyl (C=O) groups is 1. The molecule has 6 aromatic rings. The van der Waals surface area contributed by atoms with Crippen LogP contribution in [0, 0.1) is 0 Å². The molecular weight excluding hydrogens is 416 g/mol. The topological polar surface area (TPSA) is 104 Å². The SMILES string of the molecule is CCC(=O)c1nc(-c2nccc3c2[nH]c2ccccc23)c(OC)c2c1[nH]c1c(O)cccc12. The van der Waals surface area contributed by atoms with Gasteiger partial charge in [0.1, 0.15) is 22.8 Å². The average molecular weight is 436 g/mol. The molecule has 3 N–H and O–H groups in total. The third-order valence-corrected chi connectivity index (χ3v) is 6.16. The van der Waals surface area contributed by atoms with Gasteiger partial charge >= 0.3 is 0 Å². The molecule has 33 heavy (non-hydrogen) atoms. The number of H-pyrrole nitrogens is 2. The maximum atomic E-state index is 13.0. The first-order valence-corrected chi connectivity index (χ1v) is 10.7. The molecule has 4 aromatic heterocycles. The number of aromatic hydroxyl groups is 1. The van der Waals surface area contributed by atoms with Gasteiger partial charge in [0.15, 0.2) is 11.5 Å². The molecule has 0 bridgehead atoms. The Labute approximate surface area is 188 Å². The van der Waals surface area contributed by atoms with Crippen molar-refractivity contribution in [3.63, 3.8) is 0 Å². The number of aromatic nitrogens is 4. The molecule has 0 aliphatic heterocycles. The predicted octanol–water partition coefficient (Wildman–Crippen LogP) is 5.72. The van der Waals surface area contributed by atoms with Gasteiger partial charge in [-0.25, -0.2) is 4.98 Å². The maximum absolute atomic E-state index is 13.0. The lowest BCUT2D eigenvalue weighted by molar-refractivity contribution is 0.0985. The Balaban J connectivity index is 1.80. The molecule has 6 rings (SSSR count). The number of phenols is 1. The molecule has 7 nitrogen and oxygen atoms in total. The van der Waals surface area contributed by atoms with Gasteiger partial charge in [0.05, 0.1) is 29.0 Å². The van der Waals surface area contributed by atoms with Crippen molar-refractivity contribution in [1.82, 2.24) is 19.9 Å². The Morgan fingerprint density at radius 3 is 2.58 bits per heavy atom. The van der Waals surface area contributed by atoms with E-state index in [1.54, 1.807) is 32.4 Å². The first kappa shape index (κ1) is 19.3. The van der Waals surface area contributed by atoms with Crippen LogP contribution >= 0.6 is 0 Å². The highest BCUT2D eigenvalue weighted by molar-refractivity contribution is 6.20. The Bertz CT molecular complexity index is 1730. The number of benzene rings is 2. The number of aromatic amines is 2. The summed E-state index contributed by atoms with van der Waals surface area (Å²) in [6.07, 6.45) is 2.03. The number of ketones is 1. The number of pyridine rings is 2. The minimum absolute atomic E-state index is 0.0954. The van der Waals surface area contributed by atoms with Crippen LogP contribution in [0.1, 0.15) is 23.8 Å². The second-order valence-corrected chi connectivity index (χ2v) is 7.95. The lowest BCUT2D eigenvalue weighted by Gasteiger charge is -2.12. The fourth-order valence-corrected chi connectivity index (χ4v) is 4.63. The van der Waals surface area contributed by atoms with Gasteiger partial charge in [0, 0.05) is 34.3 Å². The van der Waals surface area contributed by atoms with E-state index < -0.39 is 0 Å². The first-order chi connectivity index (χ1) is 16.1. The van der Waals surface area contributed by atoms with E-state index in [9.17, 15) is 9.90 Å². The van der Waals surface area contributed by atoms with Crippen molar-refractivity contribution >= 4 is 49.4 Å². The number of methoxy groups -OCH3 is 1. The predicted molar refractivity (Wildman–Crippen MR) is 129 cm³/mol. The molecule has 0 amide bonds. The normalized spacial score (nSPS) is 11.7. The largest absolute Gasteiger partial charge is 0.506 e. The summed E-state index contributed by atoms with van der Waals surface area (Å²) < 4.78 is 5.88. The van der Waals surface area contributed by atoms with Crippen molar-refractivity contribution < 1.29 is 14.6 Å². The third kappa shape index (κ3) is 2.65. The van der Waals surface area contributed by atoms with Gasteiger partial charge in [-0.2, -0.15) is 0 Å². The number of carbonyl (C=O) groups excluding carboxylic acids is 1. The van der Waals surface area contributed by atoms with Crippen molar-refractivity contribution in [3.05, 3.63) is 60.4 Å². The molecule has 0 radical (unpaired) electrons. The lowest BCUT2D eigenvalue weighted by Crippen LogP contribution is -2.05. The van der Waals surface area contributed by atoms with E-state index in [4.69, 9.17) is 9.72 Å². The summed E-state index contributed by atoms with van der Waals surface area (Å²) in [5.41, 5.74) is 4.26. The molecular formula is C26H20N4O3. The van der Waals surface area contributed by atoms with Crippen LogP contribution in [0.25, 0.3) is 55.0 Å². The summed E-state index contributed by atoms with van der Waals surface area (Å²) in [5.74, 6) is 0.477. The molecule has 0 unspecified atom stereocenters. The highest BCUT2D eigenvalue weighted by Gasteiger charge is 2.26. The van der Waals surface area contributed by atoms with Crippen LogP contribution in [-0.4, -0.2) is 37.9 Å². The fraction of sp³-hybridized carbons (Fsp3) is 0.115. The fourth-order valence-electron chi connectivity index (χ4n) is 4.63. The van der Waals surface area contributed by atoms with Crippen molar-refractivity contribution in [1.29, 1.82) is 0 Å². The number of ether oxygens (including phenoxy) is 1. The van der Waals surface area contributed by atoms with Crippen LogP contribution < -0.4 is 4.74 Å². The molecule has 0 atom stereocenters. The van der Waals surface area contributed by atoms with Crippen LogP contribution in [-0.2, 0) is 0 Å². The summed E-state index contributed by atoms with van der Waals surface area (Å²) in [6.45, 7) is 1.80. The Hall–Kier alpha value is -4.39. The highest BCUT2D eigenvalue weighted by Crippen LogP contribution is 2.43. The van der Waals surface area contributed by atoms with Crippen LogP contribution in [0.4, 0.5) is 0 Å². The Morgan fingerprint density at radius 1 is 0.939 bits per heavy atom. The second kappa shape index (κ2) is 7.06. The van der Waals surface area contributed by atoms with E-state index in [1.807, 2.05) is 30.3 Å². The number of hydrogen-bond donors (Lipinski definition) is 3. The summed E-state index contributed by atoms with van der Waals surface area (Å²) >= 11 is 0. The van der Waals surface area contributed by atoms with Crippen molar-refractivity contribution in [2.24, 2.45) is 0 Å². The third-order valence-electron chi connectivity index (χ3n) is 6.16. The highest BCUT2D eigenvalue weighted by atomic mass is 16.5. The second-order valence-electron chi connectivity index (χ2n) is 7.95. The van der Waals surface area contributed by atoms with Gasteiger partial charge in [-0.05, 0) is 18.2 Å². The molecule has 0 saturated heterocycles. The van der Waals surface area contributed by atoms with E-state index in [0.29, 0.717) is 45.7 Å². The molecule has 0 spiro atoms. The summed E-state index contributed by atoms with van der Waals surface area (Å²) in [4.78, 5) is 29.1. The van der Waals surface area contributed by atoms with Crippen molar-refractivity contribution in [2.45, 2.75) is 13.3 Å². The summed E-state index contributed by atoms with van der Waals surface area (Å²) in [7, 11) is 1.58. The minimum Gasteiger partial charge on any atom is -0.506 e. The van der Waals surface area contributed by atoms with Crippen molar-refractivity contribution in [2.75, 3.05) is 7.11 Å². The van der Waals surface area contributed by atoms with E-state index in [1.165, 1.54) is 0 Å². The molecule has 2 aromatic carbocycles. The molecule has 0 aliphatic carbocycles. The van der Waals surface area contributed by atoms with E-state index >= 15 is 0 Å². The smallest absolute Gasteiger partial charge is 0.183 e. The molecule has 0 aliphatic rings. The van der Waals surface area contributed by atoms with Gasteiger partial charge in [0.25, 0.3) is 0 Å². The van der Waals surface area contributed by atoms with Gasteiger partial charge in [-0.3, -0.25) is 9.78 Å². The Kier molecular flexibility index (Phi) is 4.13. The van der Waals surface area contributed by atoms with Crippen LogP contribution in [0.3, 0.4) is 0 Å². The number of fused-ring (bicyclic) bond motifs is 6. The number of para-hydroxylation sites is 2. The van der Waals surface area contributed by atoms with Crippen LogP contribution in [0.15, 0.2) is 54.7 Å². The number of nitrogens with zero attached hydrogens (tertiary/aromatic N) is 2. The van der Waals surface area contributed by atoms with Gasteiger partial charge in [0.2, 0.25) is 0 Å². The van der Waals surface area contributed by atoms with Gasteiger partial charge in [-0.1, -0.05) is 37.3 Å². The zero-order valence-electron chi connectivity index (χ0n) is 18.1. The van der Waals surface area contributed by atoms with Gasteiger partial charge in [-0.15, -0.1) is 0 Å². The van der Waals surface area contributed by atoms with E-state index in [-0.39, 0.29) is 11.5 Å². The van der Waals surface area contributed by atoms with Crippen molar-refractivity contribution in [3.8, 4) is 22.9 Å². The number of hydrogen-bond acceptors (Lipinski definition) is 5. The molecule has 0 saturated carbocycles. The minimum atomic E-state index is -0.112. The summed E-state index contributed by atoms with van der Waals surface area (Å²) in [6, 6.07) is 15.3. The number of rotatable bonds is 4. The number of Topliss-reactive ketones (excluding diaryl/α,β-unsaturated/α-hetero) is 1. The van der Waals surface area contributed by atoms with Crippen LogP contribution in [0.2, 0.25) is 0 Å². The number of nitrogens with one attached hydrogen (secondary N) is 2. The monoisotopic (exact) mass is 436 g/mol. The quantitative estimate of drug-likeness (QED) is 0.307. The zero-order valence-corrected chi connectivity index (χ0v) is 18.1. The van der Waals surface area contributed by atoms with Gasteiger partial charge < -0.3 is 19.8 Å². The lowest BCUT2D eigenvalue weighted by atomic mass is 10.0.